The molecule has 0 aliphatic heterocycles. The third-order valence-corrected chi connectivity index (χ3v) is 4.41. The van der Waals surface area contributed by atoms with Gasteiger partial charge in [0.15, 0.2) is 11.2 Å². The average molecular weight is 370 g/mol. The van der Waals surface area contributed by atoms with Gasteiger partial charge in [-0.05, 0) is 25.5 Å². The number of rotatable bonds is 5. The Balaban J connectivity index is 2.13. The monoisotopic (exact) mass is 370 g/mol. The smallest absolute Gasteiger partial charge is 0.332 e. The molecule has 0 aliphatic rings. The molecule has 3 aromatic rings. The fraction of sp³-hybridized carbons (Fsp3) is 0.333. The van der Waals surface area contributed by atoms with Crippen molar-refractivity contribution in [2.75, 3.05) is 5.43 Å². The van der Waals surface area contributed by atoms with Gasteiger partial charge < -0.3 is 9.67 Å². The molecule has 2 N–H and O–H groups in total. The van der Waals surface area contributed by atoms with Crippen molar-refractivity contribution < 1.29 is 5.11 Å². The van der Waals surface area contributed by atoms with Crippen molar-refractivity contribution in [2.24, 2.45) is 19.2 Å². The van der Waals surface area contributed by atoms with Crippen LogP contribution < -0.4 is 16.7 Å². The van der Waals surface area contributed by atoms with Crippen molar-refractivity contribution in [1.29, 1.82) is 0 Å². The van der Waals surface area contributed by atoms with Gasteiger partial charge >= 0.3 is 5.69 Å². The molecule has 0 spiro atoms. The Morgan fingerprint density at radius 2 is 1.93 bits per heavy atom. The molecular formula is C18H22N6O3. The van der Waals surface area contributed by atoms with E-state index in [4.69, 9.17) is 0 Å². The molecule has 0 radical (unpaired) electrons. The summed E-state index contributed by atoms with van der Waals surface area (Å²) in [6.07, 6.45) is 0.772. The van der Waals surface area contributed by atoms with Crippen LogP contribution in [0.25, 0.3) is 11.2 Å². The van der Waals surface area contributed by atoms with E-state index < -0.39 is 11.2 Å². The lowest BCUT2D eigenvalue weighted by Gasteiger charge is -2.08. The Bertz CT molecular complexity index is 1150. The molecule has 0 aliphatic carbocycles. The van der Waals surface area contributed by atoms with E-state index in [0.29, 0.717) is 34.9 Å². The predicted molar refractivity (Wildman–Crippen MR) is 104 cm³/mol. The van der Waals surface area contributed by atoms with Crippen LogP contribution in [-0.2, 0) is 20.6 Å². The molecule has 27 heavy (non-hydrogen) atoms. The van der Waals surface area contributed by atoms with Crippen LogP contribution in [0.4, 0.5) is 5.95 Å². The number of hydrogen-bond acceptors (Lipinski definition) is 6. The van der Waals surface area contributed by atoms with Gasteiger partial charge in [-0.25, -0.2) is 10.2 Å². The Morgan fingerprint density at radius 1 is 1.22 bits per heavy atom. The SMILES string of the molecule is CCCn1c(NN=C(C)c2ccccc2O)nc2c1c(=O)n(C)c(=O)n2C. The molecule has 1 aromatic carbocycles. The lowest BCUT2D eigenvalue weighted by Crippen LogP contribution is -2.37. The van der Waals surface area contributed by atoms with Gasteiger partial charge in [-0.3, -0.25) is 13.9 Å². The van der Waals surface area contributed by atoms with Crippen LogP contribution in [0.2, 0.25) is 0 Å². The number of anilines is 1. The normalized spacial score (nSPS) is 11.9. The first-order chi connectivity index (χ1) is 12.9. The number of hydrogen-bond donors (Lipinski definition) is 2. The summed E-state index contributed by atoms with van der Waals surface area (Å²) in [5.74, 6) is 0.485. The zero-order valence-electron chi connectivity index (χ0n) is 15.7. The third-order valence-electron chi connectivity index (χ3n) is 4.41. The first kappa shape index (κ1) is 18.4. The van der Waals surface area contributed by atoms with E-state index in [-0.39, 0.29) is 5.75 Å². The first-order valence-corrected chi connectivity index (χ1v) is 8.61. The minimum Gasteiger partial charge on any atom is -0.507 e. The fourth-order valence-corrected chi connectivity index (χ4v) is 2.95. The van der Waals surface area contributed by atoms with E-state index in [0.717, 1.165) is 11.0 Å². The number of fused-ring (bicyclic) bond motifs is 1. The molecule has 9 heteroatoms. The molecule has 9 nitrogen and oxygen atoms in total. The lowest BCUT2D eigenvalue weighted by molar-refractivity contribution is 0.474. The molecule has 0 amide bonds. The maximum absolute atomic E-state index is 12.6. The van der Waals surface area contributed by atoms with Crippen LogP contribution >= 0.6 is 0 Å². The molecule has 0 unspecified atom stereocenters. The second-order valence-electron chi connectivity index (χ2n) is 6.29. The van der Waals surface area contributed by atoms with E-state index in [1.54, 1.807) is 42.8 Å². The highest BCUT2D eigenvalue weighted by Gasteiger charge is 2.18. The molecule has 0 atom stereocenters. The largest absolute Gasteiger partial charge is 0.507 e. The van der Waals surface area contributed by atoms with E-state index in [2.05, 4.69) is 15.5 Å². The molecule has 0 saturated heterocycles. The van der Waals surface area contributed by atoms with E-state index in [1.807, 2.05) is 6.92 Å². The van der Waals surface area contributed by atoms with Gasteiger partial charge in [0.1, 0.15) is 5.75 Å². The second-order valence-corrected chi connectivity index (χ2v) is 6.29. The summed E-state index contributed by atoms with van der Waals surface area (Å²) >= 11 is 0. The van der Waals surface area contributed by atoms with Gasteiger partial charge in [0.2, 0.25) is 5.95 Å². The van der Waals surface area contributed by atoms with Gasteiger partial charge in [-0.1, -0.05) is 19.1 Å². The number of nitrogens with one attached hydrogen (secondary N) is 1. The number of aryl methyl sites for hydroxylation is 2. The quantitative estimate of drug-likeness (QED) is 0.521. The summed E-state index contributed by atoms with van der Waals surface area (Å²) in [5.41, 5.74) is 3.83. The van der Waals surface area contributed by atoms with Gasteiger partial charge in [0.25, 0.3) is 5.56 Å². The summed E-state index contributed by atoms with van der Waals surface area (Å²) in [6.45, 7) is 4.28. The minimum atomic E-state index is -0.436. The number of para-hydroxylation sites is 1. The van der Waals surface area contributed by atoms with Crippen molar-refractivity contribution in [3.8, 4) is 5.75 Å². The predicted octanol–water partition coefficient (Wildman–Crippen LogP) is 1.39. The molecule has 142 valence electrons. The standard InChI is InChI=1S/C18H22N6O3/c1-5-10-24-14-15(22(3)18(27)23(4)16(14)26)19-17(24)21-20-11(2)12-8-6-7-9-13(12)25/h6-9,25H,5,10H2,1-4H3,(H,19,21). The summed E-state index contributed by atoms with van der Waals surface area (Å²) in [5, 5.41) is 14.2. The lowest BCUT2D eigenvalue weighted by atomic mass is 10.1. The topological polar surface area (TPSA) is 106 Å². The second kappa shape index (κ2) is 7.10. The van der Waals surface area contributed by atoms with Gasteiger partial charge in [-0.2, -0.15) is 10.1 Å². The number of benzene rings is 1. The zero-order valence-corrected chi connectivity index (χ0v) is 15.7. The van der Waals surface area contributed by atoms with Crippen LogP contribution in [-0.4, -0.2) is 29.5 Å². The molecular weight excluding hydrogens is 348 g/mol. The number of aromatic nitrogens is 4. The number of nitrogens with zero attached hydrogens (tertiary/aromatic N) is 5. The van der Waals surface area contributed by atoms with Crippen molar-refractivity contribution in [1.82, 2.24) is 18.7 Å². The fourth-order valence-electron chi connectivity index (χ4n) is 2.95. The summed E-state index contributed by atoms with van der Waals surface area (Å²) in [4.78, 5) is 29.2. The average Bonchev–Trinajstić information content (AvgIpc) is 3.02. The number of aromatic hydroxyl groups is 1. The summed E-state index contributed by atoms with van der Waals surface area (Å²) in [6, 6.07) is 6.88. The van der Waals surface area contributed by atoms with Crippen LogP contribution in [0, 0.1) is 0 Å². The van der Waals surface area contributed by atoms with Crippen molar-refractivity contribution in [2.45, 2.75) is 26.8 Å². The van der Waals surface area contributed by atoms with Gasteiger partial charge in [-0.15, -0.1) is 0 Å². The van der Waals surface area contributed by atoms with Crippen LogP contribution in [0.5, 0.6) is 5.75 Å². The van der Waals surface area contributed by atoms with Crippen LogP contribution in [0.15, 0.2) is 39.0 Å². The number of imidazole rings is 1. The Hall–Kier alpha value is -3.36. The third kappa shape index (κ3) is 3.12. The maximum atomic E-state index is 12.6. The molecule has 3 rings (SSSR count). The minimum absolute atomic E-state index is 0.124. The van der Waals surface area contributed by atoms with E-state index in [1.165, 1.54) is 11.6 Å². The number of phenolic OH excluding ortho intramolecular Hbond substituents is 1. The summed E-state index contributed by atoms with van der Waals surface area (Å²) < 4.78 is 4.13. The molecule has 0 saturated carbocycles. The van der Waals surface area contributed by atoms with Crippen molar-refractivity contribution in [3.63, 3.8) is 0 Å². The molecule has 0 bridgehead atoms. The van der Waals surface area contributed by atoms with E-state index in [9.17, 15) is 14.7 Å². The molecule has 2 aromatic heterocycles. The Kier molecular flexibility index (Phi) is 4.85. The van der Waals surface area contributed by atoms with Crippen LogP contribution in [0.1, 0.15) is 25.8 Å². The van der Waals surface area contributed by atoms with Crippen molar-refractivity contribution in [3.05, 3.63) is 50.7 Å². The number of phenols is 1. The Morgan fingerprint density at radius 3 is 2.59 bits per heavy atom. The van der Waals surface area contributed by atoms with Crippen molar-refractivity contribution >= 4 is 22.8 Å². The van der Waals surface area contributed by atoms with Gasteiger partial charge in [0.05, 0.1) is 5.71 Å². The highest BCUT2D eigenvalue weighted by molar-refractivity contribution is 6.01. The van der Waals surface area contributed by atoms with Crippen LogP contribution in [0.3, 0.4) is 0 Å². The molecule has 0 fully saturated rings. The highest BCUT2D eigenvalue weighted by atomic mass is 16.3. The maximum Gasteiger partial charge on any atom is 0.332 e. The molecule has 2 heterocycles. The van der Waals surface area contributed by atoms with Gasteiger partial charge in [0, 0.05) is 26.2 Å². The number of hydrazone groups is 1. The Labute approximate surface area is 155 Å². The summed E-state index contributed by atoms with van der Waals surface area (Å²) in [7, 11) is 3.02. The van der Waals surface area contributed by atoms with E-state index >= 15 is 0 Å². The highest BCUT2D eigenvalue weighted by Crippen LogP contribution is 2.19. The zero-order chi connectivity index (χ0) is 19.7. The first-order valence-electron chi connectivity index (χ1n) is 8.61.